The second kappa shape index (κ2) is 5.47. The molecule has 1 heterocycles. The molecule has 0 bridgehead atoms. The summed E-state index contributed by atoms with van der Waals surface area (Å²) >= 11 is 5.67. The van der Waals surface area contributed by atoms with E-state index in [0.717, 1.165) is 22.2 Å². The summed E-state index contributed by atoms with van der Waals surface area (Å²) in [5, 5.41) is 4.49. The SMILES string of the molecule is Fc1cc(CNc2cccc3cccnc23)ccc1Cl. The molecule has 1 N–H and O–H groups in total. The predicted molar refractivity (Wildman–Crippen MR) is 80.5 cm³/mol. The number of pyridine rings is 1. The molecule has 0 aliphatic rings. The zero-order chi connectivity index (χ0) is 13.9. The van der Waals surface area contributed by atoms with Crippen molar-refractivity contribution in [3.05, 3.63) is 71.1 Å². The molecular formula is C16H12ClFN2. The summed E-state index contributed by atoms with van der Waals surface area (Å²) in [7, 11) is 0. The van der Waals surface area contributed by atoms with Gasteiger partial charge in [-0.05, 0) is 29.8 Å². The van der Waals surface area contributed by atoms with Gasteiger partial charge in [0.25, 0.3) is 0 Å². The Kier molecular flexibility index (Phi) is 3.52. The standard InChI is InChI=1S/C16H12ClFN2/c17-13-7-6-11(9-14(13)18)10-20-15-5-1-3-12-4-2-8-19-16(12)15/h1-9,20H,10H2. The van der Waals surface area contributed by atoms with Crippen molar-refractivity contribution in [1.82, 2.24) is 4.98 Å². The number of hydrogen-bond acceptors (Lipinski definition) is 2. The second-order valence-corrected chi connectivity index (χ2v) is 4.89. The molecule has 0 aliphatic heterocycles. The highest BCUT2D eigenvalue weighted by atomic mass is 35.5. The number of rotatable bonds is 3. The zero-order valence-corrected chi connectivity index (χ0v) is 11.4. The molecule has 0 amide bonds. The molecule has 0 radical (unpaired) electrons. The van der Waals surface area contributed by atoms with Crippen molar-refractivity contribution < 1.29 is 4.39 Å². The van der Waals surface area contributed by atoms with Crippen LogP contribution in [0.3, 0.4) is 0 Å². The number of hydrogen-bond donors (Lipinski definition) is 1. The van der Waals surface area contributed by atoms with E-state index in [1.165, 1.54) is 6.07 Å². The number of benzene rings is 2. The van der Waals surface area contributed by atoms with Gasteiger partial charge in [-0.1, -0.05) is 35.9 Å². The van der Waals surface area contributed by atoms with E-state index in [1.807, 2.05) is 30.3 Å². The molecule has 0 fully saturated rings. The van der Waals surface area contributed by atoms with E-state index in [1.54, 1.807) is 18.3 Å². The van der Waals surface area contributed by atoms with Gasteiger partial charge in [0, 0.05) is 18.1 Å². The first kappa shape index (κ1) is 12.9. The molecule has 0 saturated carbocycles. The number of aromatic nitrogens is 1. The highest BCUT2D eigenvalue weighted by Crippen LogP contribution is 2.22. The van der Waals surface area contributed by atoms with Crippen LogP contribution in [0.4, 0.5) is 10.1 Å². The number of anilines is 1. The van der Waals surface area contributed by atoms with Crippen LogP contribution in [0.5, 0.6) is 0 Å². The summed E-state index contributed by atoms with van der Waals surface area (Å²) < 4.78 is 13.4. The third-order valence-corrected chi connectivity index (χ3v) is 3.41. The Balaban J connectivity index is 1.85. The number of nitrogens with zero attached hydrogens (tertiary/aromatic N) is 1. The van der Waals surface area contributed by atoms with Crippen LogP contribution < -0.4 is 5.32 Å². The Morgan fingerprint density at radius 2 is 1.95 bits per heavy atom. The van der Waals surface area contributed by atoms with Gasteiger partial charge in [-0.15, -0.1) is 0 Å². The normalized spacial score (nSPS) is 10.7. The molecule has 0 aliphatic carbocycles. The van der Waals surface area contributed by atoms with Crippen molar-refractivity contribution in [3.8, 4) is 0 Å². The molecule has 0 spiro atoms. The summed E-state index contributed by atoms with van der Waals surface area (Å²) in [4.78, 5) is 4.37. The monoisotopic (exact) mass is 286 g/mol. The quantitative estimate of drug-likeness (QED) is 0.759. The van der Waals surface area contributed by atoms with Gasteiger partial charge in [0.1, 0.15) is 5.82 Å². The Morgan fingerprint density at radius 1 is 1.10 bits per heavy atom. The van der Waals surface area contributed by atoms with E-state index in [2.05, 4.69) is 10.3 Å². The van der Waals surface area contributed by atoms with E-state index in [9.17, 15) is 4.39 Å². The average molecular weight is 287 g/mol. The van der Waals surface area contributed by atoms with Crippen molar-refractivity contribution in [3.63, 3.8) is 0 Å². The van der Waals surface area contributed by atoms with Crippen LogP contribution >= 0.6 is 11.6 Å². The van der Waals surface area contributed by atoms with E-state index >= 15 is 0 Å². The molecule has 4 heteroatoms. The molecule has 1 aromatic heterocycles. The van der Waals surface area contributed by atoms with Crippen LogP contribution in [-0.2, 0) is 6.54 Å². The summed E-state index contributed by atoms with van der Waals surface area (Å²) in [5.41, 5.74) is 2.67. The second-order valence-electron chi connectivity index (χ2n) is 4.48. The highest BCUT2D eigenvalue weighted by Gasteiger charge is 2.03. The molecule has 2 nitrogen and oxygen atoms in total. The lowest BCUT2D eigenvalue weighted by Gasteiger charge is -2.09. The van der Waals surface area contributed by atoms with Crippen LogP contribution in [0, 0.1) is 5.82 Å². The average Bonchev–Trinajstić information content (AvgIpc) is 2.48. The van der Waals surface area contributed by atoms with Crippen molar-refractivity contribution in [2.24, 2.45) is 0 Å². The predicted octanol–water partition coefficient (Wildman–Crippen LogP) is 4.64. The van der Waals surface area contributed by atoms with Crippen molar-refractivity contribution in [2.75, 3.05) is 5.32 Å². The summed E-state index contributed by atoms with van der Waals surface area (Å²) in [6, 6.07) is 14.7. The first-order valence-corrected chi connectivity index (χ1v) is 6.63. The molecule has 2 aromatic carbocycles. The lowest BCUT2D eigenvalue weighted by molar-refractivity contribution is 0.626. The van der Waals surface area contributed by atoms with Crippen molar-refractivity contribution in [1.29, 1.82) is 0 Å². The third-order valence-electron chi connectivity index (χ3n) is 3.10. The fourth-order valence-electron chi connectivity index (χ4n) is 2.09. The van der Waals surface area contributed by atoms with E-state index < -0.39 is 5.82 Å². The first-order chi connectivity index (χ1) is 9.74. The topological polar surface area (TPSA) is 24.9 Å². The Bertz CT molecular complexity index is 753. The van der Waals surface area contributed by atoms with Crippen LogP contribution in [0.1, 0.15) is 5.56 Å². The lowest BCUT2D eigenvalue weighted by Crippen LogP contribution is -2.01. The lowest BCUT2D eigenvalue weighted by atomic mass is 10.1. The van der Waals surface area contributed by atoms with Gasteiger partial charge in [-0.25, -0.2) is 4.39 Å². The molecule has 100 valence electrons. The summed E-state index contributed by atoms with van der Waals surface area (Å²) in [5.74, 6) is -0.401. The van der Waals surface area contributed by atoms with Gasteiger partial charge in [0.05, 0.1) is 16.2 Å². The minimum atomic E-state index is -0.401. The minimum Gasteiger partial charge on any atom is -0.379 e. The van der Waals surface area contributed by atoms with Gasteiger partial charge < -0.3 is 5.32 Å². The third kappa shape index (κ3) is 2.58. The van der Waals surface area contributed by atoms with E-state index in [4.69, 9.17) is 11.6 Å². The van der Waals surface area contributed by atoms with Crippen LogP contribution in [0.25, 0.3) is 10.9 Å². The fourth-order valence-corrected chi connectivity index (χ4v) is 2.21. The van der Waals surface area contributed by atoms with E-state index in [0.29, 0.717) is 6.54 Å². The first-order valence-electron chi connectivity index (χ1n) is 6.25. The Morgan fingerprint density at radius 3 is 2.80 bits per heavy atom. The van der Waals surface area contributed by atoms with Crippen molar-refractivity contribution in [2.45, 2.75) is 6.54 Å². The molecule has 0 unspecified atom stereocenters. The smallest absolute Gasteiger partial charge is 0.142 e. The molecule has 3 aromatic rings. The number of fused-ring (bicyclic) bond motifs is 1. The summed E-state index contributed by atoms with van der Waals surface area (Å²) in [6.07, 6.45) is 1.76. The maximum Gasteiger partial charge on any atom is 0.142 e. The highest BCUT2D eigenvalue weighted by molar-refractivity contribution is 6.30. The van der Waals surface area contributed by atoms with Gasteiger partial charge in [0.15, 0.2) is 0 Å². The number of halogens is 2. The Labute approximate surface area is 121 Å². The van der Waals surface area contributed by atoms with Crippen LogP contribution in [0.2, 0.25) is 5.02 Å². The number of para-hydroxylation sites is 1. The maximum atomic E-state index is 13.4. The van der Waals surface area contributed by atoms with Crippen LogP contribution in [-0.4, -0.2) is 4.98 Å². The van der Waals surface area contributed by atoms with Crippen LogP contribution in [0.15, 0.2) is 54.7 Å². The maximum absolute atomic E-state index is 13.4. The Hall–Kier alpha value is -2.13. The van der Waals surface area contributed by atoms with E-state index in [-0.39, 0.29) is 5.02 Å². The van der Waals surface area contributed by atoms with Gasteiger partial charge in [-0.3, -0.25) is 4.98 Å². The molecular weight excluding hydrogens is 275 g/mol. The zero-order valence-electron chi connectivity index (χ0n) is 10.6. The van der Waals surface area contributed by atoms with Gasteiger partial charge in [0.2, 0.25) is 0 Å². The largest absolute Gasteiger partial charge is 0.379 e. The number of nitrogens with one attached hydrogen (secondary N) is 1. The summed E-state index contributed by atoms with van der Waals surface area (Å²) in [6.45, 7) is 0.518. The molecule has 0 saturated heterocycles. The van der Waals surface area contributed by atoms with Crippen molar-refractivity contribution >= 4 is 28.2 Å². The minimum absolute atomic E-state index is 0.139. The molecule has 0 atom stereocenters. The fraction of sp³-hybridized carbons (Fsp3) is 0.0625. The van der Waals surface area contributed by atoms with Gasteiger partial charge in [-0.2, -0.15) is 0 Å². The molecule has 3 rings (SSSR count). The molecule has 20 heavy (non-hydrogen) atoms. The van der Waals surface area contributed by atoms with Gasteiger partial charge >= 0.3 is 0 Å².